The van der Waals surface area contributed by atoms with Gasteiger partial charge in [0.2, 0.25) is 0 Å². The second-order valence-corrected chi connectivity index (χ2v) is 5.57. The van der Waals surface area contributed by atoms with E-state index in [4.69, 9.17) is 23.2 Å². The molecule has 0 atom stereocenters. The number of aromatic nitrogens is 3. The van der Waals surface area contributed by atoms with Crippen molar-refractivity contribution < 1.29 is 0 Å². The molecular weight excluding hydrogens is 325 g/mol. The molecule has 22 heavy (non-hydrogen) atoms. The first kappa shape index (κ1) is 14.7. The van der Waals surface area contributed by atoms with E-state index < -0.39 is 11.4 Å². The third kappa shape index (κ3) is 2.38. The van der Waals surface area contributed by atoms with Crippen molar-refractivity contribution in [1.82, 2.24) is 13.9 Å². The van der Waals surface area contributed by atoms with E-state index in [2.05, 4.69) is 0 Å². The van der Waals surface area contributed by atoms with Crippen molar-refractivity contribution in [2.24, 2.45) is 7.05 Å². The molecule has 0 aliphatic carbocycles. The van der Waals surface area contributed by atoms with Gasteiger partial charge in [-0.05, 0) is 30.3 Å². The molecule has 0 aliphatic rings. The lowest BCUT2D eigenvalue weighted by Crippen LogP contribution is -2.26. The van der Waals surface area contributed by atoms with Gasteiger partial charge in [0.25, 0.3) is 0 Å². The number of halogens is 2. The molecule has 0 radical (unpaired) electrons. The largest absolute Gasteiger partial charge is 0.356 e. The van der Waals surface area contributed by atoms with Crippen LogP contribution in [0.4, 0.5) is 0 Å². The van der Waals surface area contributed by atoms with Gasteiger partial charge >= 0.3 is 11.4 Å². The number of para-hydroxylation sites is 1. The molecule has 7 heteroatoms. The lowest BCUT2D eigenvalue weighted by molar-refractivity contribution is 0.628. The van der Waals surface area contributed by atoms with Crippen LogP contribution < -0.4 is 11.4 Å². The van der Waals surface area contributed by atoms with Crippen LogP contribution in [0.1, 0.15) is 0 Å². The van der Waals surface area contributed by atoms with Gasteiger partial charge in [-0.15, -0.1) is 0 Å². The van der Waals surface area contributed by atoms with Crippen LogP contribution in [0.3, 0.4) is 0 Å². The van der Waals surface area contributed by atoms with Gasteiger partial charge in [-0.25, -0.2) is 18.8 Å². The summed E-state index contributed by atoms with van der Waals surface area (Å²) in [5.74, 6) is 0. The van der Waals surface area contributed by atoms with Gasteiger partial charge in [0, 0.05) is 17.1 Å². The smallest absolute Gasteiger partial charge is 0.246 e. The van der Waals surface area contributed by atoms with Gasteiger partial charge in [0.05, 0.1) is 11.4 Å². The van der Waals surface area contributed by atoms with Gasteiger partial charge in [0.1, 0.15) is 0 Å². The van der Waals surface area contributed by atoms with E-state index >= 15 is 0 Å². The maximum absolute atomic E-state index is 12.7. The van der Waals surface area contributed by atoms with Crippen LogP contribution in [0.5, 0.6) is 0 Å². The molecule has 1 heterocycles. The molecule has 3 aromatic rings. The van der Waals surface area contributed by atoms with E-state index in [1.165, 1.54) is 34.6 Å². The average molecular weight is 336 g/mol. The van der Waals surface area contributed by atoms with Crippen molar-refractivity contribution in [3.63, 3.8) is 0 Å². The van der Waals surface area contributed by atoms with Crippen LogP contribution in [0.15, 0.2) is 58.1 Å². The maximum Gasteiger partial charge on any atom is 0.356 e. The molecular formula is C15H11Cl2N3O2. The molecule has 0 bridgehead atoms. The van der Waals surface area contributed by atoms with E-state index in [0.29, 0.717) is 21.4 Å². The normalized spacial score (nSPS) is 10.9. The SMILES string of the molecule is Cn1c(=O)n(-c2cc(Cl)cc(Cl)c2)c(=O)n1-c1ccccc1. The van der Waals surface area contributed by atoms with Gasteiger partial charge in [-0.1, -0.05) is 41.4 Å². The predicted molar refractivity (Wildman–Crippen MR) is 86.6 cm³/mol. The molecule has 0 amide bonds. The van der Waals surface area contributed by atoms with Crippen LogP contribution >= 0.6 is 23.2 Å². The molecule has 0 N–H and O–H groups in total. The topological polar surface area (TPSA) is 48.9 Å². The Balaban J connectivity index is 2.32. The van der Waals surface area contributed by atoms with E-state index in [-0.39, 0.29) is 0 Å². The number of hydrogen-bond donors (Lipinski definition) is 0. The molecule has 5 nitrogen and oxygen atoms in total. The van der Waals surface area contributed by atoms with E-state index in [1.54, 1.807) is 24.3 Å². The van der Waals surface area contributed by atoms with Crippen molar-refractivity contribution in [1.29, 1.82) is 0 Å². The summed E-state index contributed by atoms with van der Waals surface area (Å²) in [4.78, 5) is 25.1. The highest BCUT2D eigenvalue weighted by molar-refractivity contribution is 6.34. The molecule has 0 unspecified atom stereocenters. The predicted octanol–water partition coefficient (Wildman–Crippen LogP) is 2.63. The first-order chi connectivity index (χ1) is 10.5. The highest BCUT2D eigenvalue weighted by atomic mass is 35.5. The Morgan fingerprint density at radius 3 is 2.00 bits per heavy atom. The average Bonchev–Trinajstić information content (AvgIpc) is 2.69. The van der Waals surface area contributed by atoms with Gasteiger partial charge in [-0.3, -0.25) is 0 Å². The molecule has 0 saturated heterocycles. The number of rotatable bonds is 2. The Hall–Kier alpha value is -2.24. The minimum absolute atomic E-state index is 0.331. The summed E-state index contributed by atoms with van der Waals surface area (Å²) >= 11 is 11.9. The fourth-order valence-electron chi connectivity index (χ4n) is 2.28. The van der Waals surface area contributed by atoms with Crippen molar-refractivity contribution in [2.75, 3.05) is 0 Å². The third-order valence-corrected chi connectivity index (χ3v) is 3.68. The summed E-state index contributed by atoms with van der Waals surface area (Å²) in [6.07, 6.45) is 0. The quantitative estimate of drug-likeness (QED) is 0.722. The highest BCUT2D eigenvalue weighted by Gasteiger charge is 2.16. The van der Waals surface area contributed by atoms with Gasteiger partial charge in [-0.2, -0.15) is 4.68 Å². The fourth-order valence-corrected chi connectivity index (χ4v) is 2.79. The summed E-state index contributed by atoms with van der Waals surface area (Å²) in [6.45, 7) is 0. The molecule has 1 aromatic heterocycles. The first-order valence-electron chi connectivity index (χ1n) is 6.42. The molecule has 0 fully saturated rings. The number of hydrogen-bond acceptors (Lipinski definition) is 2. The van der Waals surface area contributed by atoms with E-state index in [9.17, 15) is 9.59 Å². The van der Waals surface area contributed by atoms with Crippen LogP contribution in [0.25, 0.3) is 11.4 Å². The second kappa shape index (κ2) is 5.51. The summed E-state index contributed by atoms with van der Waals surface area (Å²) in [6, 6.07) is 13.5. The maximum atomic E-state index is 12.7. The van der Waals surface area contributed by atoms with Crippen molar-refractivity contribution in [3.05, 3.63) is 79.5 Å². The van der Waals surface area contributed by atoms with E-state index in [1.807, 2.05) is 6.07 Å². The summed E-state index contributed by atoms with van der Waals surface area (Å²) in [5.41, 5.74) is -0.0408. The molecule has 112 valence electrons. The van der Waals surface area contributed by atoms with Crippen LogP contribution in [-0.4, -0.2) is 13.9 Å². The molecule has 0 spiro atoms. The fraction of sp³-hybridized carbons (Fsp3) is 0.0667. The molecule has 0 aliphatic heterocycles. The standard InChI is InChI=1S/C15H11Cl2N3O2/c1-18-14(21)19(13-8-10(16)7-11(17)9-13)15(22)20(18)12-5-3-2-4-6-12/h2-9H,1H3. The third-order valence-electron chi connectivity index (χ3n) is 3.25. The second-order valence-electron chi connectivity index (χ2n) is 4.70. The van der Waals surface area contributed by atoms with Crippen molar-refractivity contribution >= 4 is 23.2 Å². The molecule has 2 aromatic carbocycles. The first-order valence-corrected chi connectivity index (χ1v) is 7.17. The van der Waals surface area contributed by atoms with Gasteiger partial charge < -0.3 is 0 Å². The monoisotopic (exact) mass is 335 g/mol. The zero-order valence-electron chi connectivity index (χ0n) is 11.5. The van der Waals surface area contributed by atoms with Gasteiger partial charge in [0.15, 0.2) is 0 Å². The highest BCUT2D eigenvalue weighted by Crippen LogP contribution is 2.20. The van der Waals surface area contributed by atoms with E-state index in [0.717, 1.165) is 4.57 Å². The van der Waals surface area contributed by atoms with Crippen LogP contribution in [0, 0.1) is 0 Å². The zero-order valence-corrected chi connectivity index (χ0v) is 13.0. The Morgan fingerprint density at radius 2 is 1.41 bits per heavy atom. The lowest BCUT2D eigenvalue weighted by Gasteiger charge is -2.03. The van der Waals surface area contributed by atoms with Crippen molar-refractivity contribution in [2.45, 2.75) is 0 Å². The Morgan fingerprint density at radius 1 is 0.818 bits per heavy atom. The summed E-state index contributed by atoms with van der Waals surface area (Å²) in [7, 11) is 1.53. The summed E-state index contributed by atoms with van der Waals surface area (Å²) in [5, 5.41) is 0.702. The molecule has 3 rings (SSSR count). The van der Waals surface area contributed by atoms with Crippen molar-refractivity contribution in [3.8, 4) is 11.4 Å². The number of nitrogens with zero attached hydrogens (tertiary/aromatic N) is 3. The minimum atomic E-state index is -0.489. The minimum Gasteiger partial charge on any atom is -0.246 e. The van der Waals surface area contributed by atoms with Crippen LogP contribution in [-0.2, 0) is 7.05 Å². The zero-order chi connectivity index (χ0) is 15.9. The Bertz CT molecular complexity index is 935. The number of benzene rings is 2. The summed E-state index contributed by atoms with van der Waals surface area (Å²) < 4.78 is 3.56. The molecule has 0 saturated carbocycles. The van der Waals surface area contributed by atoms with Crippen LogP contribution in [0.2, 0.25) is 10.0 Å². The Kier molecular flexibility index (Phi) is 3.68. The Labute approximate surface area is 135 Å². The lowest BCUT2D eigenvalue weighted by atomic mass is 10.3.